The Morgan fingerprint density at radius 3 is 3.00 bits per heavy atom. The van der Waals surface area contributed by atoms with Crippen LogP contribution in [0.3, 0.4) is 0 Å². The lowest BCUT2D eigenvalue weighted by atomic mass is 10.2. The Hall–Kier alpha value is -1.23. The van der Waals surface area contributed by atoms with Crippen LogP contribution in [0.25, 0.3) is 0 Å². The van der Waals surface area contributed by atoms with E-state index in [1.54, 1.807) is 13.0 Å². The van der Waals surface area contributed by atoms with E-state index in [2.05, 4.69) is 17.8 Å². The largest absolute Gasteiger partial charge is 0.352 e. The number of carbonyl (C=O) groups is 1. The van der Waals surface area contributed by atoms with Gasteiger partial charge in [-0.1, -0.05) is 12.0 Å². The van der Waals surface area contributed by atoms with Crippen molar-refractivity contribution in [2.45, 2.75) is 6.92 Å². The lowest BCUT2D eigenvalue weighted by molar-refractivity contribution is -0.122. The van der Waals surface area contributed by atoms with E-state index in [1.165, 1.54) is 0 Å². The van der Waals surface area contributed by atoms with E-state index in [1.807, 2.05) is 0 Å². The van der Waals surface area contributed by atoms with Crippen LogP contribution >= 0.6 is 0 Å². The lowest BCUT2D eigenvalue weighted by Gasteiger charge is -2.02. The van der Waals surface area contributed by atoms with Gasteiger partial charge in [0.2, 0.25) is 5.91 Å². The van der Waals surface area contributed by atoms with Gasteiger partial charge in [-0.3, -0.25) is 4.79 Å². The van der Waals surface area contributed by atoms with Crippen LogP contribution < -0.4 is 5.32 Å². The molecular weight excluding hydrogens is 126 g/mol. The molecule has 10 heavy (non-hydrogen) atoms. The van der Waals surface area contributed by atoms with Crippen molar-refractivity contribution in [2.75, 3.05) is 6.54 Å². The summed E-state index contributed by atoms with van der Waals surface area (Å²) in [6, 6.07) is 0. The average molecular weight is 137 g/mol. The molecule has 54 valence electrons. The van der Waals surface area contributed by atoms with E-state index in [0.717, 1.165) is 0 Å². The summed E-state index contributed by atoms with van der Waals surface area (Å²) in [6.07, 6.45) is 6.62. The Bertz CT molecular complexity index is 167. The lowest BCUT2D eigenvalue weighted by Crippen LogP contribution is -2.28. The molecular formula is C8H11NO. The van der Waals surface area contributed by atoms with Crippen molar-refractivity contribution in [3.05, 3.63) is 12.7 Å². The Balaban J connectivity index is 3.64. The second kappa shape index (κ2) is 4.63. The minimum atomic E-state index is -0.347. The van der Waals surface area contributed by atoms with Crippen LogP contribution in [-0.4, -0.2) is 12.5 Å². The molecule has 0 fully saturated rings. The summed E-state index contributed by atoms with van der Waals surface area (Å²) in [5.41, 5.74) is 0. The summed E-state index contributed by atoms with van der Waals surface area (Å²) < 4.78 is 0. The Kier molecular flexibility index (Phi) is 4.06. The molecule has 0 rings (SSSR count). The Labute approximate surface area is 61.3 Å². The van der Waals surface area contributed by atoms with Crippen molar-refractivity contribution < 1.29 is 4.79 Å². The van der Waals surface area contributed by atoms with Gasteiger partial charge in [0.05, 0.1) is 5.92 Å². The molecule has 2 nitrogen and oxygen atoms in total. The van der Waals surface area contributed by atoms with Crippen molar-refractivity contribution in [3.63, 3.8) is 0 Å². The van der Waals surface area contributed by atoms with Gasteiger partial charge in [-0.25, -0.2) is 0 Å². The molecule has 0 bridgehead atoms. The third-order valence-corrected chi connectivity index (χ3v) is 1.06. The zero-order valence-corrected chi connectivity index (χ0v) is 6.05. The van der Waals surface area contributed by atoms with Crippen molar-refractivity contribution in [1.29, 1.82) is 0 Å². The maximum absolute atomic E-state index is 10.8. The van der Waals surface area contributed by atoms with Gasteiger partial charge in [-0.15, -0.1) is 13.0 Å². The first kappa shape index (κ1) is 8.77. The van der Waals surface area contributed by atoms with Gasteiger partial charge in [0.25, 0.3) is 0 Å². The van der Waals surface area contributed by atoms with Crippen LogP contribution in [0.2, 0.25) is 0 Å². The molecule has 0 aliphatic carbocycles. The van der Waals surface area contributed by atoms with Gasteiger partial charge in [-0.2, -0.15) is 0 Å². The molecule has 0 aliphatic rings. The standard InChI is InChI=1S/C8H11NO/c1-4-6-9-8(10)7(3)5-2/h2,4,7H,1,6H2,3H3,(H,9,10). The van der Waals surface area contributed by atoms with Gasteiger partial charge in [-0.05, 0) is 6.92 Å². The van der Waals surface area contributed by atoms with Crippen LogP contribution in [0, 0.1) is 18.3 Å². The molecule has 1 N–H and O–H groups in total. The summed E-state index contributed by atoms with van der Waals surface area (Å²) in [7, 11) is 0. The van der Waals surface area contributed by atoms with Gasteiger partial charge in [0, 0.05) is 6.54 Å². The number of hydrogen-bond donors (Lipinski definition) is 1. The SMILES string of the molecule is C#CC(C)C(=O)NCC=C. The number of hydrogen-bond acceptors (Lipinski definition) is 1. The quantitative estimate of drug-likeness (QED) is 0.447. The number of terminal acetylenes is 1. The Morgan fingerprint density at radius 1 is 2.00 bits per heavy atom. The molecule has 1 amide bonds. The predicted molar refractivity (Wildman–Crippen MR) is 41.2 cm³/mol. The van der Waals surface area contributed by atoms with Gasteiger partial charge in [0.1, 0.15) is 0 Å². The molecule has 1 atom stereocenters. The summed E-state index contributed by atoms with van der Waals surface area (Å²) >= 11 is 0. The average Bonchev–Trinajstić information content (AvgIpc) is 1.98. The highest BCUT2D eigenvalue weighted by atomic mass is 16.1. The fraction of sp³-hybridized carbons (Fsp3) is 0.375. The number of rotatable bonds is 3. The monoisotopic (exact) mass is 137 g/mol. The molecule has 1 unspecified atom stereocenters. The molecule has 0 saturated carbocycles. The molecule has 0 spiro atoms. The number of carbonyl (C=O) groups excluding carboxylic acids is 1. The van der Waals surface area contributed by atoms with Crippen LogP contribution in [-0.2, 0) is 4.79 Å². The summed E-state index contributed by atoms with van der Waals surface area (Å²) in [5, 5.41) is 2.58. The van der Waals surface area contributed by atoms with Crippen LogP contribution in [0.4, 0.5) is 0 Å². The topological polar surface area (TPSA) is 29.1 Å². The highest BCUT2D eigenvalue weighted by Crippen LogP contribution is 1.89. The third-order valence-electron chi connectivity index (χ3n) is 1.06. The predicted octanol–water partition coefficient (Wildman–Crippen LogP) is 0.558. The highest BCUT2D eigenvalue weighted by Gasteiger charge is 2.06. The molecule has 0 aromatic rings. The number of nitrogens with one attached hydrogen (secondary N) is 1. The van der Waals surface area contributed by atoms with Crippen LogP contribution in [0.15, 0.2) is 12.7 Å². The first-order valence-corrected chi connectivity index (χ1v) is 3.07. The van der Waals surface area contributed by atoms with E-state index >= 15 is 0 Å². The first-order chi connectivity index (χ1) is 4.72. The van der Waals surface area contributed by atoms with Crippen molar-refractivity contribution in [1.82, 2.24) is 5.32 Å². The first-order valence-electron chi connectivity index (χ1n) is 3.07. The fourth-order valence-electron chi connectivity index (χ4n) is 0.402. The molecule has 0 radical (unpaired) electrons. The van der Waals surface area contributed by atoms with Crippen LogP contribution in [0.5, 0.6) is 0 Å². The Morgan fingerprint density at radius 2 is 2.60 bits per heavy atom. The van der Waals surface area contributed by atoms with E-state index in [9.17, 15) is 4.79 Å². The second-order valence-electron chi connectivity index (χ2n) is 1.92. The minimum Gasteiger partial charge on any atom is -0.352 e. The van der Waals surface area contributed by atoms with Gasteiger partial charge >= 0.3 is 0 Å². The zero-order chi connectivity index (χ0) is 7.98. The maximum Gasteiger partial charge on any atom is 0.235 e. The van der Waals surface area contributed by atoms with Crippen molar-refractivity contribution in [2.24, 2.45) is 5.92 Å². The smallest absolute Gasteiger partial charge is 0.235 e. The van der Waals surface area contributed by atoms with E-state index in [-0.39, 0.29) is 11.8 Å². The highest BCUT2D eigenvalue weighted by molar-refractivity contribution is 5.80. The van der Waals surface area contributed by atoms with Crippen LogP contribution in [0.1, 0.15) is 6.92 Å². The molecule has 0 saturated heterocycles. The van der Waals surface area contributed by atoms with Gasteiger partial charge in [0.15, 0.2) is 0 Å². The summed E-state index contributed by atoms with van der Waals surface area (Å²) in [4.78, 5) is 10.8. The van der Waals surface area contributed by atoms with Gasteiger partial charge < -0.3 is 5.32 Å². The van der Waals surface area contributed by atoms with Crippen molar-refractivity contribution >= 4 is 5.91 Å². The zero-order valence-electron chi connectivity index (χ0n) is 6.05. The van der Waals surface area contributed by atoms with E-state index in [4.69, 9.17) is 6.42 Å². The van der Waals surface area contributed by atoms with E-state index in [0.29, 0.717) is 6.54 Å². The molecule has 0 aromatic heterocycles. The molecule has 0 heterocycles. The molecule has 2 heteroatoms. The summed E-state index contributed by atoms with van der Waals surface area (Å²) in [5.74, 6) is 1.86. The fourth-order valence-corrected chi connectivity index (χ4v) is 0.402. The second-order valence-corrected chi connectivity index (χ2v) is 1.92. The van der Waals surface area contributed by atoms with Crippen molar-refractivity contribution in [3.8, 4) is 12.3 Å². The van der Waals surface area contributed by atoms with E-state index < -0.39 is 0 Å². The maximum atomic E-state index is 10.8. The normalized spacial score (nSPS) is 11.2. The molecule has 0 aliphatic heterocycles. The molecule has 0 aromatic carbocycles. The minimum absolute atomic E-state index is 0.123. The number of amides is 1. The third kappa shape index (κ3) is 2.93. The summed E-state index contributed by atoms with van der Waals surface area (Å²) in [6.45, 7) is 5.61.